The third-order valence-electron chi connectivity index (χ3n) is 3.93. The molecular formula is C17H10N6O10. The summed E-state index contributed by atoms with van der Waals surface area (Å²) in [4.78, 5) is 41.0. The average Bonchev–Trinajstić information content (AvgIpc) is 2.77. The predicted molar refractivity (Wildman–Crippen MR) is 105 cm³/mol. The summed E-state index contributed by atoms with van der Waals surface area (Å²) in [5.41, 5.74) is -3.94. The molecule has 16 nitrogen and oxygen atoms in total. The molecule has 0 spiro atoms. The molecule has 0 saturated heterocycles. The van der Waals surface area contributed by atoms with Crippen molar-refractivity contribution >= 4 is 22.7 Å². The summed E-state index contributed by atoms with van der Waals surface area (Å²) >= 11 is 0. The standard InChI is InChI=1S/C17H10N6O10/c18-8-10-4-12(20(24)25)16(13(5-10)21(26)27)32-2-1-3-33-17-14(22(28)29)6-11(9-19)7-15(17)23(30)31/h4-7H,1-3H2. The lowest BCUT2D eigenvalue weighted by atomic mass is 10.1. The summed E-state index contributed by atoms with van der Waals surface area (Å²) in [6.45, 7) is -0.823. The zero-order chi connectivity index (χ0) is 24.7. The van der Waals surface area contributed by atoms with Crippen LogP contribution in [0.2, 0.25) is 0 Å². The van der Waals surface area contributed by atoms with Gasteiger partial charge in [-0.15, -0.1) is 0 Å². The van der Waals surface area contributed by atoms with Crippen molar-refractivity contribution in [1.29, 1.82) is 10.5 Å². The van der Waals surface area contributed by atoms with E-state index in [2.05, 4.69) is 0 Å². The maximum absolute atomic E-state index is 11.2. The molecule has 2 aromatic rings. The van der Waals surface area contributed by atoms with Gasteiger partial charge < -0.3 is 9.47 Å². The molecule has 0 fully saturated rings. The molecule has 0 aromatic heterocycles. The number of ether oxygens (including phenoxy) is 2. The van der Waals surface area contributed by atoms with Gasteiger partial charge in [-0.3, -0.25) is 40.5 Å². The van der Waals surface area contributed by atoms with Crippen LogP contribution in [-0.2, 0) is 0 Å². The fourth-order valence-electron chi connectivity index (χ4n) is 2.57. The maximum Gasteiger partial charge on any atom is 0.319 e. The Morgan fingerprint density at radius 3 is 1.12 bits per heavy atom. The second-order valence-corrected chi connectivity index (χ2v) is 5.99. The molecule has 0 saturated carbocycles. The van der Waals surface area contributed by atoms with Gasteiger partial charge in [0, 0.05) is 30.7 Å². The molecular weight excluding hydrogens is 448 g/mol. The van der Waals surface area contributed by atoms with E-state index in [-0.39, 0.29) is 17.5 Å². The molecule has 2 aromatic carbocycles. The largest absolute Gasteiger partial charge is 0.482 e. The van der Waals surface area contributed by atoms with Crippen LogP contribution < -0.4 is 9.47 Å². The Balaban J connectivity index is 2.21. The minimum absolute atomic E-state index is 0.150. The second kappa shape index (κ2) is 10.1. The van der Waals surface area contributed by atoms with E-state index < -0.39 is 67.2 Å². The highest BCUT2D eigenvalue weighted by Gasteiger charge is 2.30. The van der Waals surface area contributed by atoms with Crippen LogP contribution in [0.1, 0.15) is 17.5 Å². The van der Waals surface area contributed by atoms with Crippen molar-refractivity contribution in [3.63, 3.8) is 0 Å². The lowest BCUT2D eigenvalue weighted by Gasteiger charge is -2.09. The monoisotopic (exact) mass is 458 g/mol. The van der Waals surface area contributed by atoms with E-state index in [1.54, 1.807) is 12.1 Å². The lowest BCUT2D eigenvalue weighted by Crippen LogP contribution is -2.09. The first-order valence-corrected chi connectivity index (χ1v) is 8.60. The molecule has 0 heterocycles. The van der Waals surface area contributed by atoms with E-state index in [9.17, 15) is 40.5 Å². The van der Waals surface area contributed by atoms with Crippen LogP contribution in [0, 0.1) is 63.1 Å². The van der Waals surface area contributed by atoms with Crippen molar-refractivity contribution in [3.05, 3.63) is 75.8 Å². The van der Waals surface area contributed by atoms with Gasteiger partial charge in [0.2, 0.25) is 0 Å². The van der Waals surface area contributed by atoms with Crippen LogP contribution in [0.15, 0.2) is 24.3 Å². The molecule has 33 heavy (non-hydrogen) atoms. The summed E-state index contributed by atoms with van der Waals surface area (Å²) in [5, 5.41) is 62.6. The third-order valence-corrected chi connectivity index (χ3v) is 3.93. The van der Waals surface area contributed by atoms with Gasteiger partial charge in [-0.05, 0) is 0 Å². The van der Waals surface area contributed by atoms with Crippen LogP contribution in [0.4, 0.5) is 22.7 Å². The smallest absolute Gasteiger partial charge is 0.319 e. The average molecular weight is 458 g/mol. The van der Waals surface area contributed by atoms with Gasteiger partial charge in [-0.25, -0.2) is 0 Å². The van der Waals surface area contributed by atoms with E-state index >= 15 is 0 Å². The van der Waals surface area contributed by atoms with Crippen molar-refractivity contribution in [3.8, 4) is 23.6 Å². The summed E-state index contributed by atoms with van der Waals surface area (Å²) in [6.07, 6.45) is -0.150. The molecule has 0 bridgehead atoms. The summed E-state index contributed by atoms with van der Waals surface area (Å²) in [5.74, 6) is -1.42. The zero-order valence-corrected chi connectivity index (χ0v) is 16.2. The van der Waals surface area contributed by atoms with Gasteiger partial charge in [0.25, 0.3) is 11.5 Å². The molecule has 0 radical (unpaired) electrons. The van der Waals surface area contributed by atoms with E-state index in [0.717, 1.165) is 24.3 Å². The van der Waals surface area contributed by atoms with Crippen LogP contribution >= 0.6 is 0 Å². The molecule has 168 valence electrons. The summed E-state index contributed by atoms with van der Waals surface area (Å²) in [7, 11) is 0. The fourth-order valence-corrected chi connectivity index (χ4v) is 2.57. The molecule has 0 N–H and O–H groups in total. The van der Waals surface area contributed by atoms with Crippen molar-refractivity contribution in [2.75, 3.05) is 13.2 Å². The summed E-state index contributed by atoms with van der Waals surface area (Å²) < 4.78 is 10.3. The molecule has 0 amide bonds. The molecule has 16 heteroatoms. The normalized spacial score (nSPS) is 9.88. The molecule has 2 rings (SSSR count). The Labute approximate surface area is 182 Å². The van der Waals surface area contributed by atoms with Crippen LogP contribution in [0.25, 0.3) is 0 Å². The van der Waals surface area contributed by atoms with Gasteiger partial charge in [0.15, 0.2) is 0 Å². The number of nitro benzene ring substituents is 4. The number of benzene rings is 2. The topological polar surface area (TPSA) is 239 Å². The number of hydrogen-bond donors (Lipinski definition) is 0. The van der Waals surface area contributed by atoms with E-state index in [4.69, 9.17) is 20.0 Å². The first-order valence-electron chi connectivity index (χ1n) is 8.60. The van der Waals surface area contributed by atoms with Gasteiger partial charge in [-0.2, -0.15) is 10.5 Å². The van der Waals surface area contributed by atoms with Crippen molar-refractivity contribution in [1.82, 2.24) is 0 Å². The van der Waals surface area contributed by atoms with Gasteiger partial charge in [0.05, 0.1) is 56.2 Å². The highest BCUT2D eigenvalue weighted by atomic mass is 16.6. The Bertz CT molecular complexity index is 1080. The Hall–Kier alpha value is -5.38. The Kier molecular flexibility index (Phi) is 7.30. The quantitative estimate of drug-likeness (QED) is 0.283. The van der Waals surface area contributed by atoms with Crippen LogP contribution in [-0.4, -0.2) is 32.9 Å². The number of rotatable bonds is 10. The first kappa shape index (κ1) is 23.9. The second-order valence-electron chi connectivity index (χ2n) is 5.99. The molecule has 0 aliphatic rings. The van der Waals surface area contributed by atoms with Crippen molar-refractivity contribution < 1.29 is 29.2 Å². The minimum Gasteiger partial charge on any atom is -0.482 e. The highest BCUT2D eigenvalue weighted by molar-refractivity contribution is 5.64. The third kappa shape index (κ3) is 5.41. The number of hydrogen-bond acceptors (Lipinski definition) is 12. The van der Waals surface area contributed by atoms with E-state index in [1.165, 1.54) is 0 Å². The zero-order valence-electron chi connectivity index (χ0n) is 16.2. The van der Waals surface area contributed by atoms with Gasteiger partial charge >= 0.3 is 22.7 Å². The molecule has 0 atom stereocenters. The van der Waals surface area contributed by atoms with Gasteiger partial charge in [-0.1, -0.05) is 0 Å². The van der Waals surface area contributed by atoms with Crippen molar-refractivity contribution in [2.45, 2.75) is 6.42 Å². The minimum atomic E-state index is -0.969. The molecule has 0 aliphatic heterocycles. The number of nitro groups is 4. The molecule has 0 unspecified atom stereocenters. The van der Waals surface area contributed by atoms with Crippen LogP contribution in [0.3, 0.4) is 0 Å². The van der Waals surface area contributed by atoms with Crippen molar-refractivity contribution in [2.24, 2.45) is 0 Å². The predicted octanol–water partition coefficient (Wildman–Crippen LogP) is 2.91. The molecule has 0 aliphatic carbocycles. The summed E-state index contributed by atoms with van der Waals surface area (Å²) in [6, 6.07) is 6.30. The van der Waals surface area contributed by atoms with Gasteiger partial charge in [0.1, 0.15) is 0 Å². The SMILES string of the molecule is N#Cc1cc([N+](=O)[O-])c(OCCCOc2c([N+](=O)[O-])cc(C#N)cc2[N+](=O)[O-])c([N+](=O)[O-])c1. The Morgan fingerprint density at radius 2 is 0.909 bits per heavy atom. The van der Waals surface area contributed by atoms with E-state index in [1.807, 2.05) is 0 Å². The first-order chi connectivity index (χ1) is 15.6. The Morgan fingerprint density at radius 1 is 0.636 bits per heavy atom. The number of nitriles is 2. The highest BCUT2D eigenvalue weighted by Crippen LogP contribution is 2.39. The fraction of sp³-hybridized carbons (Fsp3) is 0.176. The maximum atomic E-state index is 11.2. The lowest BCUT2D eigenvalue weighted by molar-refractivity contribution is -0.396. The van der Waals surface area contributed by atoms with E-state index in [0.29, 0.717) is 0 Å². The van der Waals surface area contributed by atoms with Crippen LogP contribution in [0.5, 0.6) is 11.5 Å². The number of nitrogens with zero attached hydrogens (tertiary/aromatic N) is 6.